The molecule has 2 heterocycles. The topological polar surface area (TPSA) is 108 Å². The molecule has 0 aliphatic heterocycles. The zero-order valence-corrected chi connectivity index (χ0v) is 22.7. The molecule has 4 aromatic rings. The number of hydrogen-bond donors (Lipinski definition) is 2. The number of benzene rings is 2. The van der Waals surface area contributed by atoms with Gasteiger partial charge < -0.3 is 15.4 Å². The van der Waals surface area contributed by atoms with Gasteiger partial charge in [-0.1, -0.05) is 24.3 Å². The lowest BCUT2D eigenvalue weighted by Gasteiger charge is -2.37. The number of hydrogen-bond acceptors (Lipinski definition) is 6. The second-order valence-corrected chi connectivity index (χ2v) is 10.0. The van der Waals surface area contributed by atoms with Crippen molar-refractivity contribution in [3.63, 3.8) is 0 Å². The molecule has 2 aromatic heterocycles. The van der Waals surface area contributed by atoms with E-state index in [9.17, 15) is 4.79 Å². The molecule has 5 rings (SSSR count). The Hall–Kier alpha value is -4.84. The second-order valence-electron chi connectivity index (χ2n) is 10.0. The number of aromatic nitrogens is 3. The predicted molar refractivity (Wildman–Crippen MR) is 155 cm³/mol. The van der Waals surface area contributed by atoms with Gasteiger partial charge in [-0.15, -0.1) is 0 Å². The van der Waals surface area contributed by atoms with E-state index in [1.54, 1.807) is 24.1 Å². The summed E-state index contributed by atoms with van der Waals surface area (Å²) in [6, 6.07) is 21.7. The molecule has 0 spiro atoms. The fourth-order valence-electron chi connectivity index (χ4n) is 5.12. The van der Waals surface area contributed by atoms with Crippen LogP contribution in [0.15, 0.2) is 79.3 Å². The van der Waals surface area contributed by atoms with E-state index < -0.39 is 0 Å². The van der Waals surface area contributed by atoms with Crippen molar-refractivity contribution in [3.8, 4) is 22.9 Å². The van der Waals surface area contributed by atoms with Crippen LogP contribution >= 0.6 is 0 Å². The van der Waals surface area contributed by atoms with Crippen LogP contribution < -0.4 is 20.3 Å². The summed E-state index contributed by atoms with van der Waals surface area (Å²) in [5.74, 6) is 1.55. The molecule has 1 aliphatic carbocycles. The summed E-state index contributed by atoms with van der Waals surface area (Å²) in [5, 5.41) is 19.9. The maximum absolute atomic E-state index is 13.7. The Balaban J connectivity index is 1.29. The fourth-order valence-corrected chi connectivity index (χ4v) is 5.12. The summed E-state index contributed by atoms with van der Waals surface area (Å²) in [6.07, 6.45) is 8.92. The third kappa shape index (κ3) is 6.41. The van der Waals surface area contributed by atoms with E-state index in [2.05, 4.69) is 26.8 Å². The molecule has 0 saturated heterocycles. The Kier molecular flexibility index (Phi) is 8.26. The van der Waals surface area contributed by atoms with Crippen LogP contribution in [0.3, 0.4) is 0 Å². The first-order chi connectivity index (χ1) is 19.5. The van der Waals surface area contributed by atoms with Gasteiger partial charge in [0.15, 0.2) is 0 Å². The first-order valence-electron chi connectivity index (χ1n) is 13.4. The highest BCUT2D eigenvalue weighted by atomic mass is 16.5. The van der Waals surface area contributed by atoms with Crippen molar-refractivity contribution < 1.29 is 9.53 Å². The normalized spacial score (nSPS) is 16.5. The third-order valence-electron chi connectivity index (χ3n) is 7.31. The number of nitriles is 1. The highest BCUT2D eigenvalue weighted by Gasteiger charge is 2.30. The molecule has 40 heavy (non-hydrogen) atoms. The van der Waals surface area contributed by atoms with Crippen molar-refractivity contribution in [1.29, 1.82) is 5.26 Å². The van der Waals surface area contributed by atoms with Crippen LogP contribution in [0.1, 0.15) is 36.8 Å². The zero-order chi connectivity index (χ0) is 27.9. The van der Waals surface area contributed by atoms with E-state index in [1.165, 1.54) is 0 Å². The van der Waals surface area contributed by atoms with Crippen LogP contribution in [-0.2, 0) is 13.6 Å². The first kappa shape index (κ1) is 26.8. The number of carbonyl (C=O) groups is 1. The molecule has 0 unspecified atom stereocenters. The summed E-state index contributed by atoms with van der Waals surface area (Å²) < 4.78 is 7.03. The van der Waals surface area contributed by atoms with Gasteiger partial charge in [-0.2, -0.15) is 10.4 Å². The van der Waals surface area contributed by atoms with Gasteiger partial charge >= 0.3 is 6.03 Å². The monoisotopic (exact) mass is 535 g/mol. The van der Waals surface area contributed by atoms with Gasteiger partial charge in [0.05, 0.1) is 18.9 Å². The maximum atomic E-state index is 13.7. The van der Waals surface area contributed by atoms with E-state index in [4.69, 9.17) is 10.00 Å². The summed E-state index contributed by atoms with van der Waals surface area (Å²) in [6.45, 7) is 0.425. The molecule has 2 amide bonds. The Morgan fingerprint density at radius 3 is 2.38 bits per heavy atom. The number of aryl methyl sites for hydroxylation is 1. The number of pyridine rings is 1. The van der Waals surface area contributed by atoms with Gasteiger partial charge in [0.2, 0.25) is 0 Å². The molecule has 9 nitrogen and oxygen atoms in total. The van der Waals surface area contributed by atoms with Crippen molar-refractivity contribution in [2.75, 3.05) is 17.3 Å². The maximum Gasteiger partial charge on any atom is 0.322 e. The van der Waals surface area contributed by atoms with Crippen molar-refractivity contribution in [2.24, 2.45) is 7.05 Å². The third-order valence-corrected chi connectivity index (χ3v) is 7.31. The van der Waals surface area contributed by atoms with E-state index >= 15 is 0 Å². The molecular weight excluding hydrogens is 502 g/mol. The second kappa shape index (κ2) is 12.3. The summed E-state index contributed by atoms with van der Waals surface area (Å²) in [7, 11) is 3.54. The van der Waals surface area contributed by atoms with Crippen LogP contribution in [0.5, 0.6) is 5.75 Å². The molecule has 0 radical (unpaired) electrons. The molecule has 0 bridgehead atoms. The van der Waals surface area contributed by atoms with E-state index in [1.807, 2.05) is 78.9 Å². The smallest absolute Gasteiger partial charge is 0.322 e. The Bertz CT molecular complexity index is 1450. The average Bonchev–Trinajstić information content (AvgIpc) is 3.44. The average molecular weight is 536 g/mol. The van der Waals surface area contributed by atoms with Crippen LogP contribution in [0, 0.1) is 11.3 Å². The Morgan fingerprint density at radius 2 is 1.77 bits per heavy atom. The minimum atomic E-state index is -0.116. The quantitative estimate of drug-likeness (QED) is 0.308. The van der Waals surface area contributed by atoms with Gasteiger partial charge in [-0.05, 0) is 73.2 Å². The highest BCUT2D eigenvalue weighted by molar-refractivity contribution is 5.93. The van der Waals surface area contributed by atoms with Gasteiger partial charge in [0.1, 0.15) is 17.6 Å². The van der Waals surface area contributed by atoms with Crippen molar-refractivity contribution in [3.05, 3.63) is 90.4 Å². The van der Waals surface area contributed by atoms with E-state index in [0.29, 0.717) is 12.1 Å². The van der Waals surface area contributed by atoms with Crippen LogP contribution in [0.2, 0.25) is 0 Å². The van der Waals surface area contributed by atoms with Gasteiger partial charge in [-0.25, -0.2) is 9.78 Å². The molecule has 1 fully saturated rings. The number of anilines is 2. The van der Waals surface area contributed by atoms with E-state index in [0.717, 1.165) is 59.6 Å². The Morgan fingerprint density at radius 1 is 1.02 bits per heavy atom. The van der Waals surface area contributed by atoms with Crippen molar-refractivity contribution in [1.82, 2.24) is 20.1 Å². The fraction of sp³-hybridized carbons (Fsp3) is 0.290. The molecule has 1 aliphatic rings. The lowest BCUT2D eigenvalue weighted by molar-refractivity contribution is 0.240. The highest BCUT2D eigenvalue weighted by Crippen LogP contribution is 2.31. The zero-order valence-electron chi connectivity index (χ0n) is 22.7. The summed E-state index contributed by atoms with van der Waals surface area (Å²) in [5.41, 5.74) is 4.50. The summed E-state index contributed by atoms with van der Waals surface area (Å²) in [4.78, 5) is 19.9. The molecule has 1 saturated carbocycles. The Labute approximate surface area is 234 Å². The number of amides is 2. The summed E-state index contributed by atoms with van der Waals surface area (Å²) >= 11 is 0. The van der Waals surface area contributed by atoms with Gasteiger partial charge in [0.25, 0.3) is 0 Å². The lowest BCUT2D eigenvalue weighted by Crippen LogP contribution is -2.48. The predicted octanol–water partition coefficient (Wildman–Crippen LogP) is 5.50. The number of nitrogens with one attached hydrogen (secondary N) is 2. The van der Waals surface area contributed by atoms with E-state index in [-0.39, 0.29) is 18.1 Å². The molecule has 2 aromatic carbocycles. The lowest BCUT2D eigenvalue weighted by atomic mass is 9.89. The molecular formula is C31H33N7O2. The van der Waals surface area contributed by atoms with Crippen LogP contribution in [0.25, 0.3) is 11.1 Å². The number of ether oxygens (including phenoxy) is 1. The largest absolute Gasteiger partial charge is 0.497 e. The minimum absolute atomic E-state index is 0.0621. The molecule has 0 atom stereocenters. The van der Waals surface area contributed by atoms with Crippen LogP contribution in [-0.4, -0.2) is 40.0 Å². The van der Waals surface area contributed by atoms with Crippen molar-refractivity contribution >= 4 is 17.5 Å². The molecule has 2 N–H and O–H groups in total. The van der Waals surface area contributed by atoms with Gasteiger partial charge in [0, 0.05) is 49.3 Å². The van der Waals surface area contributed by atoms with Crippen LogP contribution in [0.4, 0.5) is 16.3 Å². The van der Waals surface area contributed by atoms with Gasteiger partial charge in [-0.3, -0.25) is 9.58 Å². The SMILES string of the molecule is COc1ccc(CNC(=O)N(c2ccc(-c3cnn(C)c3)cc2)[C@H]2CC[C@H](Nc3ccc(C#N)cn3)CC2)cc1. The number of urea groups is 1. The standard InChI is InChI=1S/C31H33N7O2/c1-37-21-25(20-35-37)24-6-10-27(11-7-24)38(31(39)34-18-22-3-14-29(40-2)15-4-22)28-12-8-26(9-13-28)36-30-16-5-23(17-32)19-33-30/h3-7,10-11,14-16,19-21,26,28H,8-9,12-13,18H2,1-2H3,(H,33,36)(H,34,39)/t26-,28-. The first-order valence-corrected chi connectivity index (χ1v) is 13.4. The number of rotatable bonds is 8. The van der Waals surface area contributed by atoms with Crippen molar-refractivity contribution in [2.45, 2.75) is 44.3 Å². The number of carbonyl (C=O) groups excluding carboxylic acids is 1. The number of methoxy groups -OCH3 is 1. The number of nitrogens with zero attached hydrogens (tertiary/aromatic N) is 5. The molecule has 204 valence electrons. The molecule has 9 heteroatoms. The minimum Gasteiger partial charge on any atom is -0.497 e.